The second-order valence-electron chi connectivity index (χ2n) is 6.31. The zero-order valence-corrected chi connectivity index (χ0v) is 16.2. The molecule has 0 fully saturated rings. The topological polar surface area (TPSA) is 56.8 Å². The van der Waals surface area contributed by atoms with Crippen LogP contribution in [0.1, 0.15) is 27.2 Å². The lowest BCUT2D eigenvalue weighted by Crippen LogP contribution is -2.42. The first-order valence-electron chi connectivity index (χ1n) is 8.27. The first-order chi connectivity index (χ1) is 10.3. The quantitative estimate of drug-likeness (QED) is 0.338. The highest BCUT2D eigenvalue weighted by Crippen LogP contribution is 2.20. The Balaban J connectivity index is 3.95. The van der Waals surface area contributed by atoms with E-state index in [-0.39, 0.29) is 6.09 Å². The summed E-state index contributed by atoms with van der Waals surface area (Å²) in [6.45, 7) is 9.30. The van der Waals surface area contributed by atoms with Crippen LogP contribution in [0.15, 0.2) is 0 Å². The van der Waals surface area contributed by atoms with Crippen LogP contribution in [0.3, 0.4) is 0 Å². The summed E-state index contributed by atoms with van der Waals surface area (Å²) < 4.78 is 17.7. The lowest BCUT2D eigenvalue weighted by Gasteiger charge is -2.29. The SMILES string of the molecule is CCO[Si](CC)(CCCNC(=O)OCC[N+](C)(C)C)OCC. The highest BCUT2D eigenvalue weighted by molar-refractivity contribution is 6.67. The molecule has 1 amide bonds. The molecule has 0 aliphatic rings. The molecule has 0 aromatic heterocycles. The van der Waals surface area contributed by atoms with E-state index in [1.54, 1.807) is 0 Å². The minimum atomic E-state index is -2.09. The molecule has 0 radical (unpaired) electrons. The van der Waals surface area contributed by atoms with Crippen LogP contribution in [-0.4, -0.2) is 73.2 Å². The van der Waals surface area contributed by atoms with Crippen LogP contribution < -0.4 is 5.32 Å². The van der Waals surface area contributed by atoms with Gasteiger partial charge in [0, 0.05) is 19.8 Å². The lowest BCUT2D eigenvalue weighted by atomic mass is 10.5. The Labute approximate surface area is 136 Å². The molecular weight excluding hydrogens is 300 g/mol. The van der Waals surface area contributed by atoms with Crippen molar-refractivity contribution in [2.45, 2.75) is 39.3 Å². The van der Waals surface area contributed by atoms with Crippen molar-refractivity contribution in [1.82, 2.24) is 5.32 Å². The summed E-state index contributed by atoms with van der Waals surface area (Å²) in [5, 5.41) is 2.79. The van der Waals surface area contributed by atoms with E-state index in [4.69, 9.17) is 13.6 Å². The molecule has 0 heterocycles. The van der Waals surface area contributed by atoms with E-state index in [2.05, 4.69) is 33.4 Å². The second-order valence-corrected chi connectivity index (χ2v) is 9.92. The fourth-order valence-electron chi connectivity index (χ4n) is 2.10. The number of nitrogens with one attached hydrogen (secondary N) is 1. The maximum atomic E-state index is 11.6. The van der Waals surface area contributed by atoms with Crippen molar-refractivity contribution in [1.29, 1.82) is 0 Å². The minimum Gasteiger partial charge on any atom is -0.444 e. The van der Waals surface area contributed by atoms with Gasteiger partial charge in [-0.1, -0.05) is 6.92 Å². The fraction of sp³-hybridized carbons (Fsp3) is 0.933. The van der Waals surface area contributed by atoms with Crippen LogP contribution >= 0.6 is 0 Å². The van der Waals surface area contributed by atoms with Crippen LogP contribution in [0, 0.1) is 0 Å². The van der Waals surface area contributed by atoms with Gasteiger partial charge in [0.15, 0.2) is 0 Å². The van der Waals surface area contributed by atoms with Crippen molar-refractivity contribution in [2.24, 2.45) is 0 Å². The number of hydrogen-bond acceptors (Lipinski definition) is 4. The summed E-state index contributed by atoms with van der Waals surface area (Å²) in [7, 11) is 4.12. The second kappa shape index (κ2) is 11.0. The van der Waals surface area contributed by atoms with Crippen molar-refractivity contribution in [3.8, 4) is 0 Å². The molecule has 0 unspecified atom stereocenters. The number of carbonyl (C=O) groups is 1. The number of alkyl carbamates (subject to hydrolysis) is 1. The predicted octanol–water partition coefficient (Wildman–Crippen LogP) is 2.34. The molecule has 0 saturated carbocycles. The number of nitrogens with zero attached hydrogens (tertiary/aromatic N) is 1. The third kappa shape index (κ3) is 10.2. The number of hydrogen-bond donors (Lipinski definition) is 1. The third-order valence-electron chi connectivity index (χ3n) is 3.35. The number of carbonyl (C=O) groups excluding carboxylic acids is 1. The van der Waals surface area contributed by atoms with Gasteiger partial charge in [-0.2, -0.15) is 0 Å². The van der Waals surface area contributed by atoms with Gasteiger partial charge in [0.1, 0.15) is 13.2 Å². The van der Waals surface area contributed by atoms with Gasteiger partial charge in [-0.15, -0.1) is 0 Å². The van der Waals surface area contributed by atoms with Gasteiger partial charge in [0.2, 0.25) is 0 Å². The Morgan fingerprint density at radius 3 is 2.14 bits per heavy atom. The summed E-state index contributed by atoms with van der Waals surface area (Å²) >= 11 is 0. The van der Waals surface area contributed by atoms with E-state index >= 15 is 0 Å². The van der Waals surface area contributed by atoms with Crippen LogP contribution in [0.25, 0.3) is 0 Å². The molecule has 0 bridgehead atoms. The zero-order valence-electron chi connectivity index (χ0n) is 15.2. The summed E-state index contributed by atoms with van der Waals surface area (Å²) in [6, 6.07) is 1.83. The van der Waals surface area contributed by atoms with Gasteiger partial charge >= 0.3 is 14.7 Å². The highest BCUT2D eigenvalue weighted by Gasteiger charge is 2.34. The normalized spacial score (nSPS) is 12.3. The highest BCUT2D eigenvalue weighted by atomic mass is 28.4. The summed E-state index contributed by atoms with van der Waals surface area (Å²) in [6.07, 6.45) is 0.509. The number of rotatable bonds is 12. The number of ether oxygens (including phenoxy) is 1. The summed E-state index contributed by atoms with van der Waals surface area (Å²) in [4.78, 5) is 11.6. The molecule has 7 heteroatoms. The Bertz CT molecular complexity index is 302. The first kappa shape index (κ1) is 21.4. The van der Waals surface area contributed by atoms with Gasteiger partial charge in [0.25, 0.3) is 0 Å². The minimum absolute atomic E-state index is 0.343. The summed E-state index contributed by atoms with van der Waals surface area (Å²) in [5.74, 6) is 0. The lowest BCUT2D eigenvalue weighted by molar-refractivity contribution is -0.870. The molecule has 0 rings (SSSR count). The molecular formula is C15H35N2O4Si+. The van der Waals surface area contributed by atoms with Gasteiger partial charge in [-0.25, -0.2) is 4.79 Å². The molecule has 6 nitrogen and oxygen atoms in total. The summed E-state index contributed by atoms with van der Waals surface area (Å²) in [5.41, 5.74) is 0. The number of likely N-dealkylation sites (N-methyl/N-ethyl adjacent to an activating group) is 1. The molecule has 0 aliphatic carbocycles. The molecule has 0 saturated heterocycles. The van der Waals surface area contributed by atoms with E-state index in [0.29, 0.717) is 26.4 Å². The van der Waals surface area contributed by atoms with E-state index in [9.17, 15) is 4.79 Å². The third-order valence-corrected chi connectivity index (χ3v) is 7.17. The first-order valence-corrected chi connectivity index (χ1v) is 10.5. The smallest absolute Gasteiger partial charge is 0.407 e. The molecule has 0 aliphatic heterocycles. The molecule has 0 spiro atoms. The maximum Gasteiger partial charge on any atom is 0.407 e. The van der Waals surface area contributed by atoms with Gasteiger partial charge < -0.3 is 23.4 Å². The molecule has 0 aromatic rings. The van der Waals surface area contributed by atoms with Crippen molar-refractivity contribution in [3.05, 3.63) is 0 Å². The largest absolute Gasteiger partial charge is 0.444 e. The van der Waals surface area contributed by atoms with Gasteiger partial charge in [-0.3, -0.25) is 0 Å². The Hall–Kier alpha value is -0.633. The molecule has 0 aromatic carbocycles. The van der Waals surface area contributed by atoms with Crippen LogP contribution in [0.2, 0.25) is 12.1 Å². The number of amides is 1. The van der Waals surface area contributed by atoms with E-state index in [0.717, 1.165) is 29.5 Å². The van der Waals surface area contributed by atoms with Crippen molar-refractivity contribution in [2.75, 3.05) is 54.1 Å². The van der Waals surface area contributed by atoms with E-state index in [1.165, 1.54) is 0 Å². The van der Waals surface area contributed by atoms with E-state index < -0.39 is 8.56 Å². The zero-order chi connectivity index (χ0) is 17.1. The molecule has 22 heavy (non-hydrogen) atoms. The molecule has 132 valence electrons. The van der Waals surface area contributed by atoms with Crippen LogP contribution in [0.4, 0.5) is 4.79 Å². The van der Waals surface area contributed by atoms with Crippen molar-refractivity contribution in [3.63, 3.8) is 0 Å². The predicted molar refractivity (Wildman–Crippen MR) is 91.2 cm³/mol. The average Bonchev–Trinajstić information content (AvgIpc) is 2.42. The average molecular weight is 336 g/mol. The van der Waals surface area contributed by atoms with Crippen molar-refractivity contribution < 1.29 is 22.9 Å². The van der Waals surface area contributed by atoms with Gasteiger partial charge in [-0.05, 0) is 32.4 Å². The Morgan fingerprint density at radius 2 is 1.68 bits per heavy atom. The van der Waals surface area contributed by atoms with Gasteiger partial charge in [0.05, 0.1) is 21.1 Å². The van der Waals surface area contributed by atoms with Crippen LogP contribution in [0.5, 0.6) is 0 Å². The fourth-order valence-corrected chi connectivity index (χ4v) is 5.01. The monoisotopic (exact) mass is 335 g/mol. The number of quaternary nitrogens is 1. The Morgan fingerprint density at radius 1 is 1.09 bits per heavy atom. The molecule has 1 N–H and O–H groups in total. The van der Waals surface area contributed by atoms with Crippen molar-refractivity contribution >= 4 is 14.7 Å². The van der Waals surface area contributed by atoms with E-state index in [1.807, 2.05) is 13.8 Å². The standard InChI is InChI=1S/C15H34N2O4Si/c1-7-20-22(9-3,21-8-2)14-10-11-16-15(18)19-13-12-17(4,5)6/h7-14H2,1-6H3/p+1. The maximum absolute atomic E-state index is 11.6. The Kier molecular flexibility index (Phi) is 10.7. The molecule has 0 atom stereocenters. The van der Waals surface area contributed by atoms with Crippen LogP contribution in [-0.2, 0) is 13.6 Å².